The first-order valence-corrected chi connectivity index (χ1v) is 13.4. The quantitative estimate of drug-likeness (QED) is 0.506. The molecule has 0 amide bonds. The maximum absolute atomic E-state index is 7.08. The lowest BCUT2D eigenvalue weighted by Gasteiger charge is -2.67. The van der Waals surface area contributed by atoms with Gasteiger partial charge in [-0.25, -0.2) is 0 Å². The van der Waals surface area contributed by atoms with Gasteiger partial charge in [-0.1, -0.05) is 74.7 Å². The molecule has 4 aliphatic rings. The summed E-state index contributed by atoms with van der Waals surface area (Å²) in [5.41, 5.74) is 8.66. The molecule has 0 saturated heterocycles. The molecule has 0 aliphatic heterocycles. The summed E-state index contributed by atoms with van der Waals surface area (Å²) in [5, 5.41) is 0. The van der Waals surface area contributed by atoms with Gasteiger partial charge < -0.3 is 5.73 Å². The third-order valence-corrected chi connectivity index (χ3v) is 11.2. The van der Waals surface area contributed by atoms with Crippen molar-refractivity contribution in [1.82, 2.24) is 0 Å². The van der Waals surface area contributed by atoms with E-state index in [0.29, 0.717) is 22.3 Å². The highest BCUT2D eigenvalue weighted by atomic mass is 14.8. The molecule has 4 aliphatic carbocycles. The first-order valence-electron chi connectivity index (χ1n) is 13.4. The molecule has 4 fully saturated rings. The molecule has 170 valence electrons. The summed E-state index contributed by atoms with van der Waals surface area (Å²) in [5.74, 6) is 5.33. The lowest BCUT2D eigenvalue weighted by atomic mass is 9.39. The average Bonchev–Trinajstić information content (AvgIpc) is 3.02. The fraction of sp³-hybridized carbons (Fsp3) is 1.00. The Morgan fingerprint density at radius 3 is 2.28 bits per heavy atom. The number of hydrogen-bond donors (Lipinski definition) is 1. The minimum absolute atomic E-state index is 0.447. The van der Waals surface area contributed by atoms with Crippen molar-refractivity contribution >= 4 is 0 Å². The van der Waals surface area contributed by atoms with Crippen LogP contribution in [0.25, 0.3) is 0 Å². The van der Waals surface area contributed by atoms with Crippen molar-refractivity contribution in [3.05, 3.63) is 0 Å². The van der Waals surface area contributed by atoms with Gasteiger partial charge in [0.15, 0.2) is 0 Å². The van der Waals surface area contributed by atoms with Gasteiger partial charge in [-0.15, -0.1) is 0 Å². The van der Waals surface area contributed by atoms with Crippen molar-refractivity contribution < 1.29 is 0 Å². The van der Waals surface area contributed by atoms with Gasteiger partial charge in [-0.2, -0.15) is 0 Å². The van der Waals surface area contributed by atoms with Gasteiger partial charge in [-0.05, 0) is 96.7 Å². The van der Waals surface area contributed by atoms with Gasteiger partial charge in [0.05, 0.1) is 0 Å². The third kappa shape index (κ3) is 3.54. The average molecular weight is 404 g/mol. The molecule has 0 aromatic rings. The fourth-order valence-corrected chi connectivity index (χ4v) is 9.73. The van der Waals surface area contributed by atoms with Crippen molar-refractivity contribution in [3.63, 3.8) is 0 Å². The van der Waals surface area contributed by atoms with Crippen LogP contribution in [0, 0.1) is 51.8 Å². The standard InChI is InChI=1S/C26H47N.C2H6/c1-7-8-18(3)19-9-10-20-23-21(12-13-25(19,20)5)26(6)14-11-17(2)15-24(26,4)16-22(23)27;1-2/h17-23H,7-16,27H2,1-6H3;1-2H3. The zero-order valence-electron chi connectivity index (χ0n) is 21.2. The normalized spacial score (nSPS) is 52.4. The van der Waals surface area contributed by atoms with Crippen LogP contribution in [0.1, 0.15) is 120 Å². The summed E-state index contributed by atoms with van der Waals surface area (Å²) in [7, 11) is 0. The van der Waals surface area contributed by atoms with Crippen LogP contribution >= 0.6 is 0 Å². The van der Waals surface area contributed by atoms with Crippen LogP contribution in [-0.2, 0) is 0 Å². The molecule has 2 N–H and O–H groups in total. The summed E-state index contributed by atoms with van der Waals surface area (Å²) in [6.45, 7) is 19.4. The molecule has 0 aromatic carbocycles. The van der Waals surface area contributed by atoms with Gasteiger partial charge in [-0.3, -0.25) is 0 Å². The van der Waals surface area contributed by atoms with Gasteiger partial charge in [0.1, 0.15) is 0 Å². The molecule has 29 heavy (non-hydrogen) atoms. The molecule has 0 bridgehead atoms. The first kappa shape index (κ1) is 23.6. The molecule has 1 nitrogen and oxygen atoms in total. The second-order valence-corrected chi connectivity index (χ2v) is 12.5. The predicted molar refractivity (Wildman–Crippen MR) is 128 cm³/mol. The molecule has 0 spiro atoms. The second-order valence-electron chi connectivity index (χ2n) is 12.5. The van der Waals surface area contributed by atoms with Crippen molar-refractivity contribution in [2.24, 2.45) is 57.5 Å². The maximum atomic E-state index is 7.08. The molecular weight excluding hydrogens is 350 g/mol. The Hall–Kier alpha value is -0.0400. The van der Waals surface area contributed by atoms with E-state index >= 15 is 0 Å². The Bertz CT molecular complexity index is 557. The van der Waals surface area contributed by atoms with Crippen molar-refractivity contribution in [3.8, 4) is 0 Å². The van der Waals surface area contributed by atoms with E-state index in [9.17, 15) is 0 Å². The molecule has 1 heteroatoms. The highest BCUT2D eigenvalue weighted by Gasteiger charge is 2.65. The molecule has 10 atom stereocenters. The lowest BCUT2D eigenvalue weighted by Crippen LogP contribution is -2.63. The van der Waals surface area contributed by atoms with Crippen molar-refractivity contribution in [1.29, 1.82) is 0 Å². The van der Waals surface area contributed by atoms with E-state index in [1.165, 1.54) is 64.2 Å². The molecular formula is C28H53N. The maximum Gasteiger partial charge on any atom is 0.00782 e. The van der Waals surface area contributed by atoms with Gasteiger partial charge >= 0.3 is 0 Å². The number of rotatable bonds is 3. The van der Waals surface area contributed by atoms with Crippen molar-refractivity contribution in [2.45, 2.75) is 126 Å². The summed E-state index contributed by atoms with van der Waals surface area (Å²) in [4.78, 5) is 0. The van der Waals surface area contributed by atoms with Crippen LogP contribution in [0.3, 0.4) is 0 Å². The molecule has 4 saturated carbocycles. The number of fused-ring (bicyclic) bond motifs is 5. The summed E-state index contributed by atoms with van der Waals surface area (Å²) in [6, 6.07) is 0.447. The van der Waals surface area contributed by atoms with Crippen LogP contribution < -0.4 is 5.73 Å². The summed E-state index contributed by atoms with van der Waals surface area (Å²) < 4.78 is 0. The highest BCUT2D eigenvalue weighted by Crippen LogP contribution is 2.71. The fourth-order valence-electron chi connectivity index (χ4n) is 9.73. The Morgan fingerprint density at radius 2 is 1.62 bits per heavy atom. The summed E-state index contributed by atoms with van der Waals surface area (Å²) >= 11 is 0. The Labute approximate surface area is 183 Å². The van der Waals surface area contributed by atoms with Crippen LogP contribution in [0.15, 0.2) is 0 Å². The minimum Gasteiger partial charge on any atom is -0.327 e. The van der Waals surface area contributed by atoms with Crippen LogP contribution in [0.2, 0.25) is 0 Å². The van der Waals surface area contributed by atoms with E-state index in [-0.39, 0.29) is 0 Å². The van der Waals surface area contributed by atoms with Gasteiger partial charge in [0.25, 0.3) is 0 Å². The topological polar surface area (TPSA) is 26.0 Å². The van der Waals surface area contributed by atoms with E-state index in [1.54, 1.807) is 0 Å². The number of hydrogen-bond acceptors (Lipinski definition) is 1. The lowest BCUT2D eigenvalue weighted by molar-refractivity contribution is -0.169. The third-order valence-electron chi connectivity index (χ3n) is 11.2. The largest absolute Gasteiger partial charge is 0.327 e. The van der Waals surface area contributed by atoms with E-state index < -0.39 is 0 Å². The van der Waals surface area contributed by atoms with Crippen LogP contribution in [0.4, 0.5) is 0 Å². The van der Waals surface area contributed by atoms with Gasteiger partial charge in [0, 0.05) is 6.04 Å². The van der Waals surface area contributed by atoms with E-state index in [2.05, 4.69) is 41.5 Å². The minimum atomic E-state index is 0.447. The predicted octanol–water partition coefficient (Wildman–Crippen LogP) is 8.07. The zero-order chi connectivity index (χ0) is 21.6. The SMILES string of the molecule is CC.CCCC(C)C1CCC2C3C(N)CC4(C)CC(C)CCC4(C)C3CCC12C. The van der Waals surface area contributed by atoms with E-state index in [4.69, 9.17) is 5.73 Å². The smallest absolute Gasteiger partial charge is 0.00782 e. The molecule has 4 rings (SSSR count). The number of nitrogens with two attached hydrogens (primary N) is 1. The Kier molecular flexibility index (Phi) is 6.91. The van der Waals surface area contributed by atoms with Crippen LogP contribution in [0.5, 0.6) is 0 Å². The van der Waals surface area contributed by atoms with E-state index in [0.717, 1.165) is 35.5 Å². The second kappa shape index (κ2) is 8.48. The zero-order valence-corrected chi connectivity index (χ0v) is 21.2. The molecule has 0 aromatic heterocycles. The first-order chi connectivity index (χ1) is 13.7. The monoisotopic (exact) mass is 403 g/mol. The van der Waals surface area contributed by atoms with Crippen LogP contribution in [-0.4, -0.2) is 6.04 Å². The highest BCUT2D eigenvalue weighted by molar-refractivity contribution is 5.15. The van der Waals surface area contributed by atoms with Crippen molar-refractivity contribution in [2.75, 3.05) is 0 Å². The molecule has 0 heterocycles. The molecule has 10 unspecified atom stereocenters. The van der Waals surface area contributed by atoms with Gasteiger partial charge in [0.2, 0.25) is 0 Å². The molecule has 0 radical (unpaired) electrons. The summed E-state index contributed by atoms with van der Waals surface area (Å²) in [6.07, 6.45) is 14.2. The van der Waals surface area contributed by atoms with E-state index in [1.807, 2.05) is 13.8 Å². The Balaban J connectivity index is 0.00000117. The Morgan fingerprint density at radius 1 is 0.931 bits per heavy atom.